The fraction of sp³-hybridized carbons (Fsp3) is 0.600. The molecule has 1 unspecified atom stereocenters. The number of methoxy groups -OCH3 is 2. The van der Waals surface area contributed by atoms with Crippen LogP contribution in [0.15, 0.2) is 12.1 Å². The van der Waals surface area contributed by atoms with Crippen LogP contribution in [0, 0.1) is 0 Å². The summed E-state index contributed by atoms with van der Waals surface area (Å²) in [5, 5.41) is 0. The van der Waals surface area contributed by atoms with Gasteiger partial charge in [-0.2, -0.15) is 0 Å². The molecule has 19 heavy (non-hydrogen) atoms. The Labute approximate surface area is 115 Å². The molecule has 4 heteroatoms. The molecular formula is C15H24N2O2. The number of nitrogens with two attached hydrogens (primary N) is 1. The van der Waals surface area contributed by atoms with Crippen LogP contribution in [0.5, 0.6) is 11.5 Å². The molecule has 1 atom stereocenters. The van der Waals surface area contributed by atoms with Gasteiger partial charge in [0.1, 0.15) is 0 Å². The molecule has 0 saturated carbocycles. The lowest BCUT2D eigenvalue weighted by atomic mass is 9.97. The number of hydrogen-bond acceptors (Lipinski definition) is 4. The third kappa shape index (κ3) is 3.01. The third-order valence-electron chi connectivity index (χ3n) is 3.96. The van der Waals surface area contributed by atoms with Crippen molar-refractivity contribution < 1.29 is 9.47 Å². The molecule has 0 amide bonds. The molecule has 1 aromatic carbocycles. The Balaban J connectivity index is 2.20. The highest BCUT2D eigenvalue weighted by molar-refractivity contribution is 5.48. The molecule has 4 nitrogen and oxygen atoms in total. The molecule has 0 aliphatic carbocycles. The van der Waals surface area contributed by atoms with Crippen LogP contribution < -0.4 is 15.2 Å². The molecule has 0 radical (unpaired) electrons. The van der Waals surface area contributed by atoms with Gasteiger partial charge >= 0.3 is 0 Å². The van der Waals surface area contributed by atoms with E-state index in [1.54, 1.807) is 14.2 Å². The Morgan fingerprint density at radius 1 is 1.21 bits per heavy atom. The van der Waals surface area contributed by atoms with E-state index in [0.717, 1.165) is 44.0 Å². The van der Waals surface area contributed by atoms with Crippen molar-refractivity contribution in [2.75, 3.05) is 27.3 Å². The average Bonchev–Trinajstić information content (AvgIpc) is 2.45. The second-order valence-electron chi connectivity index (χ2n) is 5.12. The van der Waals surface area contributed by atoms with Crippen LogP contribution in [-0.2, 0) is 13.0 Å². The van der Waals surface area contributed by atoms with Gasteiger partial charge in [0.25, 0.3) is 0 Å². The summed E-state index contributed by atoms with van der Waals surface area (Å²) >= 11 is 0. The highest BCUT2D eigenvalue weighted by Gasteiger charge is 2.22. The maximum atomic E-state index is 5.65. The van der Waals surface area contributed by atoms with Crippen LogP contribution in [0.4, 0.5) is 0 Å². The Hall–Kier alpha value is -1.26. The van der Waals surface area contributed by atoms with Crippen molar-refractivity contribution in [3.63, 3.8) is 0 Å². The first kappa shape index (κ1) is 14.2. The van der Waals surface area contributed by atoms with E-state index in [0.29, 0.717) is 6.04 Å². The maximum Gasteiger partial charge on any atom is 0.161 e. The minimum atomic E-state index is 0.534. The lowest BCUT2D eigenvalue weighted by Gasteiger charge is -2.34. The zero-order chi connectivity index (χ0) is 13.8. The number of hydrogen-bond donors (Lipinski definition) is 1. The first-order valence-electron chi connectivity index (χ1n) is 6.87. The summed E-state index contributed by atoms with van der Waals surface area (Å²) in [7, 11) is 3.37. The molecule has 2 rings (SSSR count). The SMILES string of the molecule is COc1cc2c(cc1OC)CN(C(C)CCN)CC2. The van der Waals surface area contributed by atoms with Crippen molar-refractivity contribution in [2.24, 2.45) is 5.73 Å². The van der Waals surface area contributed by atoms with E-state index < -0.39 is 0 Å². The van der Waals surface area contributed by atoms with E-state index in [-0.39, 0.29) is 0 Å². The van der Waals surface area contributed by atoms with Gasteiger partial charge in [0.15, 0.2) is 11.5 Å². The fourth-order valence-electron chi connectivity index (χ4n) is 2.71. The van der Waals surface area contributed by atoms with E-state index >= 15 is 0 Å². The van der Waals surface area contributed by atoms with E-state index in [4.69, 9.17) is 15.2 Å². The molecule has 106 valence electrons. The van der Waals surface area contributed by atoms with Gasteiger partial charge < -0.3 is 15.2 Å². The number of fused-ring (bicyclic) bond motifs is 1. The fourth-order valence-corrected chi connectivity index (χ4v) is 2.71. The molecule has 0 spiro atoms. The normalized spacial score (nSPS) is 16.8. The zero-order valence-corrected chi connectivity index (χ0v) is 12.1. The molecule has 1 aliphatic heterocycles. The highest BCUT2D eigenvalue weighted by atomic mass is 16.5. The van der Waals surface area contributed by atoms with Crippen LogP contribution >= 0.6 is 0 Å². The lowest BCUT2D eigenvalue weighted by Crippen LogP contribution is -2.38. The number of benzene rings is 1. The van der Waals surface area contributed by atoms with E-state index in [2.05, 4.69) is 24.0 Å². The molecule has 1 aliphatic rings. The quantitative estimate of drug-likeness (QED) is 0.881. The Bertz CT molecular complexity index is 434. The van der Waals surface area contributed by atoms with Gasteiger partial charge in [0.2, 0.25) is 0 Å². The Morgan fingerprint density at radius 3 is 2.42 bits per heavy atom. The molecule has 0 saturated heterocycles. The first-order valence-corrected chi connectivity index (χ1v) is 6.87. The average molecular weight is 264 g/mol. The Morgan fingerprint density at radius 2 is 1.84 bits per heavy atom. The topological polar surface area (TPSA) is 47.7 Å². The largest absolute Gasteiger partial charge is 0.493 e. The van der Waals surface area contributed by atoms with Crippen molar-refractivity contribution in [3.05, 3.63) is 23.3 Å². The molecule has 1 aromatic rings. The first-order chi connectivity index (χ1) is 9.19. The van der Waals surface area contributed by atoms with Gasteiger partial charge in [-0.1, -0.05) is 0 Å². The molecule has 2 N–H and O–H groups in total. The van der Waals surface area contributed by atoms with Crippen LogP contribution in [0.2, 0.25) is 0 Å². The summed E-state index contributed by atoms with van der Waals surface area (Å²) < 4.78 is 10.7. The summed E-state index contributed by atoms with van der Waals surface area (Å²) in [5.74, 6) is 1.64. The lowest BCUT2D eigenvalue weighted by molar-refractivity contribution is 0.183. The summed E-state index contributed by atoms with van der Waals surface area (Å²) in [6, 6.07) is 4.75. The predicted octanol–water partition coefficient (Wildman–Crippen LogP) is 1.80. The predicted molar refractivity (Wildman–Crippen MR) is 76.8 cm³/mol. The number of rotatable bonds is 5. The van der Waals surface area contributed by atoms with Crippen LogP contribution in [0.3, 0.4) is 0 Å². The zero-order valence-electron chi connectivity index (χ0n) is 12.1. The van der Waals surface area contributed by atoms with Gasteiger partial charge in [0, 0.05) is 19.1 Å². The van der Waals surface area contributed by atoms with Crippen molar-refractivity contribution in [2.45, 2.75) is 32.4 Å². The van der Waals surface area contributed by atoms with E-state index in [9.17, 15) is 0 Å². The van der Waals surface area contributed by atoms with E-state index in [1.807, 2.05) is 0 Å². The van der Waals surface area contributed by atoms with Crippen molar-refractivity contribution in [1.82, 2.24) is 4.90 Å². The minimum Gasteiger partial charge on any atom is -0.493 e. The second kappa shape index (κ2) is 6.26. The van der Waals surface area contributed by atoms with Gasteiger partial charge in [-0.05, 0) is 49.6 Å². The van der Waals surface area contributed by atoms with Gasteiger partial charge in [-0.3, -0.25) is 4.90 Å². The highest BCUT2D eigenvalue weighted by Crippen LogP contribution is 2.33. The van der Waals surface area contributed by atoms with Crippen LogP contribution in [0.1, 0.15) is 24.5 Å². The number of ether oxygens (including phenoxy) is 2. The summed E-state index contributed by atoms with van der Waals surface area (Å²) in [6.07, 6.45) is 2.10. The summed E-state index contributed by atoms with van der Waals surface area (Å²) in [4.78, 5) is 2.49. The molecule has 0 fully saturated rings. The monoisotopic (exact) mass is 264 g/mol. The molecule has 1 heterocycles. The van der Waals surface area contributed by atoms with Gasteiger partial charge in [-0.25, -0.2) is 0 Å². The van der Waals surface area contributed by atoms with Crippen LogP contribution in [0.25, 0.3) is 0 Å². The van der Waals surface area contributed by atoms with Crippen LogP contribution in [-0.4, -0.2) is 38.3 Å². The maximum absolute atomic E-state index is 5.65. The summed E-state index contributed by atoms with van der Waals surface area (Å²) in [6.45, 7) is 5.05. The Kier molecular flexibility index (Phi) is 4.66. The van der Waals surface area contributed by atoms with Crippen molar-refractivity contribution in [1.29, 1.82) is 0 Å². The van der Waals surface area contributed by atoms with Crippen molar-refractivity contribution >= 4 is 0 Å². The minimum absolute atomic E-state index is 0.534. The third-order valence-corrected chi connectivity index (χ3v) is 3.96. The van der Waals surface area contributed by atoms with Gasteiger partial charge in [0.05, 0.1) is 14.2 Å². The number of nitrogens with zero attached hydrogens (tertiary/aromatic N) is 1. The molecular weight excluding hydrogens is 240 g/mol. The smallest absolute Gasteiger partial charge is 0.161 e. The standard InChI is InChI=1S/C15H24N2O2/c1-11(4-6-16)17-7-5-12-8-14(18-2)15(19-3)9-13(12)10-17/h8-9,11H,4-7,10,16H2,1-3H3. The van der Waals surface area contributed by atoms with E-state index in [1.165, 1.54) is 11.1 Å². The second-order valence-corrected chi connectivity index (χ2v) is 5.12. The van der Waals surface area contributed by atoms with Crippen molar-refractivity contribution in [3.8, 4) is 11.5 Å². The summed E-state index contributed by atoms with van der Waals surface area (Å²) in [5.41, 5.74) is 8.36. The van der Waals surface area contributed by atoms with Gasteiger partial charge in [-0.15, -0.1) is 0 Å². The molecule has 0 bridgehead atoms. The molecule has 0 aromatic heterocycles.